The zero-order chi connectivity index (χ0) is 22.1. The van der Waals surface area contributed by atoms with Gasteiger partial charge in [0, 0.05) is 30.3 Å². The van der Waals surface area contributed by atoms with Crippen molar-refractivity contribution < 1.29 is 9.53 Å². The normalized spacial score (nSPS) is 11.1. The molecule has 0 aliphatic carbocycles. The van der Waals surface area contributed by atoms with Gasteiger partial charge in [0.05, 0.1) is 11.9 Å². The first-order valence-corrected chi connectivity index (χ1v) is 11.6. The molecule has 0 unspecified atom stereocenters. The second kappa shape index (κ2) is 11.9. The highest BCUT2D eigenvalue weighted by atomic mass is 35.5. The van der Waals surface area contributed by atoms with Crippen LogP contribution in [0.3, 0.4) is 0 Å². The monoisotopic (exact) mass is 458 g/mol. The van der Waals surface area contributed by atoms with Crippen molar-refractivity contribution in [2.45, 2.75) is 37.9 Å². The standard InChI is InChI=1S/C23H27ClN4O2S/c1-17(2)30-14-6-13-25-22(29)16-31-23-27-26-21(15-18-7-4-3-5-8-18)28(23)20-11-9-19(24)10-12-20/h3-5,7-12,17H,6,13-16H2,1-2H3,(H,25,29). The number of hydrogen-bond acceptors (Lipinski definition) is 5. The minimum atomic E-state index is -0.0372. The Labute approximate surface area is 192 Å². The zero-order valence-corrected chi connectivity index (χ0v) is 19.3. The molecule has 0 saturated carbocycles. The third kappa shape index (κ3) is 7.38. The third-order valence-electron chi connectivity index (χ3n) is 4.42. The van der Waals surface area contributed by atoms with Crippen LogP contribution in [0.25, 0.3) is 5.69 Å². The van der Waals surface area contributed by atoms with E-state index in [2.05, 4.69) is 27.6 Å². The fraction of sp³-hybridized carbons (Fsp3) is 0.348. The average Bonchev–Trinajstić information content (AvgIpc) is 3.15. The Morgan fingerprint density at radius 2 is 1.87 bits per heavy atom. The largest absolute Gasteiger partial charge is 0.379 e. The van der Waals surface area contributed by atoms with Crippen LogP contribution in [0.1, 0.15) is 31.7 Å². The Morgan fingerprint density at radius 3 is 2.58 bits per heavy atom. The van der Waals surface area contributed by atoms with Gasteiger partial charge in [0.25, 0.3) is 0 Å². The molecule has 3 rings (SSSR count). The second-order valence-corrected chi connectivity index (χ2v) is 8.66. The van der Waals surface area contributed by atoms with Crippen LogP contribution in [0.15, 0.2) is 59.8 Å². The lowest BCUT2D eigenvalue weighted by Crippen LogP contribution is -2.27. The SMILES string of the molecule is CC(C)OCCCNC(=O)CSc1nnc(Cc2ccccc2)n1-c1ccc(Cl)cc1. The Hall–Kier alpha value is -2.35. The fourth-order valence-corrected chi connectivity index (χ4v) is 3.86. The number of amides is 1. The van der Waals surface area contributed by atoms with Crippen LogP contribution < -0.4 is 5.32 Å². The first-order valence-electron chi connectivity index (χ1n) is 10.3. The van der Waals surface area contributed by atoms with Crippen molar-refractivity contribution in [3.8, 4) is 5.69 Å². The molecule has 0 spiro atoms. The number of hydrogen-bond donors (Lipinski definition) is 1. The maximum absolute atomic E-state index is 12.3. The number of aromatic nitrogens is 3. The van der Waals surface area contributed by atoms with Crippen molar-refractivity contribution in [2.75, 3.05) is 18.9 Å². The molecule has 0 fully saturated rings. The molecule has 31 heavy (non-hydrogen) atoms. The summed E-state index contributed by atoms with van der Waals surface area (Å²) in [7, 11) is 0. The van der Waals surface area contributed by atoms with Crippen LogP contribution in [0.5, 0.6) is 0 Å². The number of thioether (sulfide) groups is 1. The first-order chi connectivity index (χ1) is 15.0. The van der Waals surface area contributed by atoms with Crippen molar-refractivity contribution in [3.05, 3.63) is 71.0 Å². The Kier molecular flexibility index (Phi) is 8.94. The van der Waals surface area contributed by atoms with E-state index in [-0.39, 0.29) is 17.8 Å². The lowest BCUT2D eigenvalue weighted by Gasteiger charge is -2.11. The highest BCUT2D eigenvalue weighted by molar-refractivity contribution is 7.99. The smallest absolute Gasteiger partial charge is 0.230 e. The number of benzene rings is 2. The summed E-state index contributed by atoms with van der Waals surface area (Å²) in [5, 5.41) is 13.0. The van der Waals surface area contributed by atoms with Crippen molar-refractivity contribution in [3.63, 3.8) is 0 Å². The van der Waals surface area contributed by atoms with Gasteiger partial charge in [-0.3, -0.25) is 9.36 Å². The van der Waals surface area contributed by atoms with Gasteiger partial charge in [-0.25, -0.2) is 0 Å². The van der Waals surface area contributed by atoms with E-state index in [1.165, 1.54) is 11.8 Å². The molecule has 0 aliphatic heterocycles. The number of ether oxygens (including phenoxy) is 1. The Balaban J connectivity index is 1.67. The molecule has 1 N–H and O–H groups in total. The summed E-state index contributed by atoms with van der Waals surface area (Å²) >= 11 is 7.43. The van der Waals surface area contributed by atoms with Crippen molar-refractivity contribution in [1.82, 2.24) is 20.1 Å². The number of carbonyl (C=O) groups is 1. The molecule has 1 aromatic heterocycles. The molecule has 0 atom stereocenters. The Morgan fingerprint density at radius 1 is 1.13 bits per heavy atom. The molecule has 164 valence electrons. The Bertz CT molecular complexity index is 961. The van der Waals surface area contributed by atoms with E-state index in [0.29, 0.717) is 29.8 Å². The van der Waals surface area contributed by atoms with Gasteiger partial charge in [-0.05, 0) is 50.1 Å². The third-order valence-corrected chi connectivity index (χ3v) is 5.60. The summed E-state index contributed by atoms with van der Waals surface area (Å²) in [5.41, 5.74) is 2.05. The average molecular weight is 459 g/mol. The van der Waals surface area contributed by atoms with Gasteiger partial charge in [0.2, 0.25) is 5.91 Å². The van der Waals surface area contributed by atoms with E-state index in [9.17, 15) is 4.79 Å². The maximum atomic E-state index is 12.3. The maximum Gasteiger partial charge on any atom is 0.230 e. The van der Waals surface area contributed by atoms with Gasteiger partial charge in [-0.2, -0.15) is 0 Å². The van der Waals surface area contributed by atoms with E-state index in [1.54, 1.807) is 0 Å². The molecule has 0 aliphatic rings. The van der Waals surface area contributed by atoms with E-state index < -0.39 is 0 Å². The zero-order valence-electron chi connectivity index (χ0n) is 17.8. The van der Waals surface area contributed by atoms with Crippen LogP contribution in [0.4, 0.5) is 0 Å². The highest BCUT2D eigenvalue weighted by Gasteiger charge is 2.16. The molecule has 0 radical (unpaired) electrons. The number of halogens is 1. The predicted molar refractivity (Wildman–Crippen MR) is 125 cm³/mol. The molecule has 6 nitrogen and oxygen atoms in total. The number of rotatable bonds is 11. The van der Waals surface area contributed by atoms with Gasteiger partial charge in [-0.15, -0.1) is 10.2 Å². The van der Waals surface area contributed by atoms with E-state index >= 15 is 0 Å². The number of carbonyl (C=O) groups excluding carboxylic acids is 1. The lowest BCUT2D eigenvalue weighted by molar-refractivity contribution is -0.118. The number of nitrogens with one attached hydrogen (secondary N) is 1. The van der Waals surface area contributed by atoms with Crippen LogP contribution in [-0.2, 0) is 16.0 Å². The molecule has 0 saturated heterocycles. The van der Waals surface area contributed by atoms with Crippen LogP contribution in [0.2, 0.25) is 5.02 Å². The predicted octanol–water partition coefficient (Wildman–Crippen LogP) is 4.53. The lowest BCUT2D eigenvalue weighted by atomic mass is 10.1. The molecular weight excluding hydrogens is 432 g/mol. The molecule has 0 bridgehead atoms. The summed E-state index contributed by atoms with van der Waals surface area (Å²) in [6.07, 6.45) is 1.63. The molecule has 3 aromatic rings. The molecule has 2 aromatic carbocycles. The fourth-order valence-electron chi connectivity index (χ4n) is 2.94. The molecule has 1 amide bonds. The van der Waals surface area contributed by atoms with Gasteiger partial charge in [-0.1, -0.05) is 53.7 Å². The second-order valence-electron chi connectivity index (χ2n) is 7.28. The van der Waals surface area contributed by atoms with Crippen molar-refractivity contribution in [1.29, 1.82) is 0 Å². The summed E-state index contributed by atoms with van der Waals surface area (Å²) in [4.78, 5) is 12.3. The summed E-state index contributed by atoms with van der Waals surface area (Å²) in [6, 6.07) is 17.6. The molecular formula is C23H27ClN4O2S. The van der Waals surface area contributed by atoms with Crippen molar-refractivity contribution >= 4 is 29.3 Å². The summed E-state index contributed by atoms with van der Waals surface area (Å²) in [5.74, 6) is 1.04. The van der Waals surface area contributed by atoms with E-state index in [1.807, 2.05) is 60.9 Å². The summed E-state index contributed by atoms with van der Waals surface area (Å²) in [6.45, 7) is 5.23. The van der Waals surface area contributed by atoms with Gasteiger partial charge in [0.1, 0.15) is 5.82 Å². The minimum Gasteiger partial charge on any atom is -0.379 e. The van der Waals surface area contributed by atoms with E-state index in [4.69, 9.17) is 16.3 Å². The van der Waals surface area contributed by atoms with Crippen LogP contribution >= 0.6 is 23.4 Å². The number of nitrogens with zero attached hydrogens (tertiary/aromatic N) is 3. The van der Waals surface area contributed by atoms with Gasteiger partial charge < -0.3 is 10.1 Å². The van der Waals surface area contributed by atoms with Crippen LogP contribution in [0, 0.1) is 0 Å². The first kappa shape index (κ1) is 23.3. The van der Waals surface area contributed by atoms with E-state index in [0.717, 1.165) is 23.5 Å². The quantitative estimate of drug-likeness (QED) is 0.337. The highest BCUT2D eigenvalue weighted by Crippen LogP contribution is 2.24. The van der Waals surface area contributed by atoms with Crippen LogP contribution in [-0.4, -0.2) is 45.7 Å². The van der Waals surface area contributed by atoms with Gasteiger partial charge >= 0.3 is 0 Å². The minimum absolute atomic E-state index is 0.0372. The summed E-state index contributed by atoms with van der Waals surface area (Å²) < 4.78 is 7.47. The van der Waals surface area contributed by atoms with Gasteiger partial charge in [0.15, 0.2) is 5.16 Å². The molecule has 1 heterocycles. The van der Waals surface area contributed by atoms with Crippen molar-refractivity contribution in [2.24, 2.45) is 0 Å². The molecule has 8 heteroatoms. The topological polar surface area (TPSA) is 69.0 Å².